The van der Waals surface area contributed by atoms with Gasteiger partial charge in [-0.3, -0.25) is 4.55 Å². The van der Waals surface area contributed by atoms with Crippen molar-refractivity contribution in [1.82, 2.24) is 0 Å². The van der Waals surface area contributed by atoms with Crippen LogP contribution in [0.1, 0.15) is 202 Å². The van der Waals surface area contributed by atoms with Gasteiger partial charge in [-0.1, -0.05) is 147 Å². The molecule has 0 saturated heterocycles. The van der Waals surface area contributed by atoms with E-state index in [1.54, 1.807) is 0 Å². The summed E-state index contributed by atoms with van der Waals surface area (Å²) in [5.41, 5.74) is -0.700. The zero-order chi connectivity index (χ0) is 36.5. The van der Waals surface area contributed by atoms with E-state index in [0.717, 1.165) is 70.3 Å². The average Bonchev–Trinajstić information content (AvgIpc) is 3.10. The van der Waals surface area contributed by atoms with Crippen molar-refractivity contribution in [2.75, 3.05) is 13.2 Å². The van der Waals surface area contributed by atoms with Crippen LogP contribution in [-0.2, 0) is 19.6 Å². The molecule has 1 N–H and O–H groups in total. The van der Waals surface area contributed by atoms with Crippen molar-refractivity contribution in [2.45, 2.75) is 186 Å². The van der Waals surface area contributed by atoms with Crippen LogP contribution in [0.25, 0.3) is 0 Å². The summed E-state index contributed by atoms with van der Waals surface area (Å²) in [4.78, 5) is 25.2. The molecule has 0 atom stereocenters. The molecular weight excluding hydrogens is 649 g/mol. The number of carbonyl (C=O) groups is 2. The Morgan fingerprint density at radius 3 is 1.30 bits per heavy atom. The minimum Gasteiger partial charge on any atom is -0.462 e. The predicted molar refractivity (Wildman–Crippen MR) is 206 cm³/mol. The fourth-order valence-corrected chi connectivity index (χ4v) is 6.65. The molecule has 7 nitrogen and oxygen atoms in total. The summed E-state index contributed by atoms with van der Waals surface area (Å²) >= 11 is 0. The molecule has 0 heterocycles. The molecule has 0 spiro atoms. The highest BCUT2D eigenvalue weighted by molar-refractivity contribution is 7.86. The molecule has 0 saturated carbocycles. The molecule has 0 unspecified atom stereocenters. The minimum absolute atomic E-state index is 0.0928. The Labute approximate surface area is 305 Å². The van der Waals surface area contributed by atoms with E-state index in [1.165, 1.54) is 102 Å². The van der Waals surface area contributed by atoms with Crippen LogP contribution in [0.3, 0.4) is 0 Å². The first-order chi connectivity index (χ1) is 24.3. The van der Waals surface area contributed by atoms with Gasteiger partial charge in [0.1, 0.15) is 4.90 Å². The third kappa shape index (κ3) is 23.9. The second-order valence-electron chi connectivity index (χ2n) is 13.6. The van der Waals surface area contributed by atoms with Crippen molar-refractivity contribution in [2.24, 2.45) is 0 Å². The molecule has 8 heteroatoms. The molecule has 0 amide bonds. The normalized spacial score (nSPS) is 11.9. The van der Waals surface area contributed by atoms with Gasteiger partial charge in [0, 0.05) is 0 Å². The molecule has 286 valence electrons. The number of hydrogen-bond donors (Lipinski definition) is 1. The summed E-state index contributed by atoms with van der Waals surface area (Å²) < 4.78 is 44.6. The third-order valence-corrected chi connectivity index (χ3v) is 9.90. The topological polar surface area (TPSA) is 107 Å². The number of unbranched alkanes of at least 4 members (excludes halogenated alkanes) is 22. The maximum Gasteiger partial charge on any atom is 0.340 e. The molecule has 0 aromatic heterocycles. The van der Waals surface area contributed by atoms with Gasteiger partial charge in [0.15, 0.2) is 0 Å². The van der Waals surface area contributed by atoms with Crippen LogP contribution < -0.4 is 0 Å². The van der Waals surface area contributed by atoms with E-state index in [0.29, 0.717) is 12.8 Å². The van der Waals surface area contributed by atoms with Gasteiger partial charge in [-0.2, -0.15) is 8.42 Å². The summed E-state index contributed by atoms with van der Waals surface area (Å²) in [5.74, 6) is -1.77. The van der Waals surface area contributed by atoms with Gasteiger partial charge in [0.05, 0.1) is 24.3 Å². The summed E-state index contributed by atoms with van der Waals surface area (Å²) in [7, 11) is -4.77. The van der Waals surface area contributed by atoms with Crippen molar-refractivity contribution >= 4 is 22.1 Å². The van der Waals surface area contributed by atoms with Crippen molar-refractivity contribution in [1.29, 1.82) is 0 Å². The van der Waals surface area contributed by atoms with Gasteiger partial charge < -0.3 is 9.47 Å². The Hall–Kier alpha value is -2.45. The smallest absolute Gasteiger partial charge is 0.340 e. The van der Waals surface area contributed by atoms with E-state index in [9.17, 15) is 22.6 Å². The lowest BCUT2D eigenvalue weighted by atomic mass is 10.1. The Kier molecular flexibility index (Phi) is 28.5. The molecule has 0 aliphatic carbocycles. The first kappa shape index (κ1) is 45.6. The average molecular weight is 719 g/mol. The van der Waals surface area contributed by atoms with Gasteiger partial charge in [-0.15, -0.1) is 0 Å². The molecule has 0 aliphatic rings. The Morgan fingerprint density at radius 1 is 0.540 bits per heavy atom. The highest BCUT2D eigenvalue weighted by atomic mass is 32.2. The SMILES string of the molecule is CCCCCCCCC/C=C/CCCCCCOC(=O)c1cccc(S(=O)(=O)O)c1C(=O)OCCCCCC/C=C/CCCCCCCCC. The van der Waals surface area contributed by atoms with Crippen molar-refractivity contribution in [3.63, 3.8) is 0 Å². The first-order valence-electron chi connectivity index (χ1n) is 20.1. The largest absolute Gasteiger partial charge is 0.462 e. The highest BCUT2D eigenvalue weighted by Gasteiger charge is 2.28. The monoisotopic (exact) mass is 718 g/mol. The van der Waals surface area contributed by atoms with E-state index in [1.807, 2.05) is 0 Å². The summed E-state index contributed by atoms with van der Waals surface area (Å²) in [6, 6.07) is 3.72. The van der Waals surface area contributed by atoms with Crippen LogP contribution in [0.15, 0.2) is 47.4 Å². The number of allylic oxidation sites excluding steroid dienone is 4. The molecule has 50 heavy (non-hydrogen) atoms. The maximum atomic E-state index is 13.0. The van der Waals surface area contributed by atoms with Crippen LogP contribution in [-0.4, -0.2) is 38.1 Å². The predicted octanol–water partition coefficient (Wildman–Crippen LogP) is 12.5. The number of esters is 2. The number of carbonyl (C=O) groups excluding carboxylic acids is 2. The highest BCUT2D eigenvalue weighted by Crippen LogP contribution is 2.23. The van der Waals surface area contributed by atoms with E-state index >= 15 is 0 Å². The number of rotatable bonds is 33. The second kappa shape index (κ2) is 31.3. The fraction of sp³-hybridized carbons (Fsp3) is 0.714. The number of benzene rings is 1. The van der Waals surface area contributed by atoms with E-state index in [2.05, 4.69) is 38.2 Å². The standard InChI is InChI=1S/C42H70O7S/c1-3-5-7-9-11-13-15-17-19-21-23-25-27-29-31-36-48-41(43)38-34-33-35-39(50(45,46)47)40(38)42(44)49-37-32-30-28-26-24-22-20-18-16-14-12-10-8-6-4-2/h19-22,33-35H,3-18,23-32,36-37H2,1-2H3,(H,45,46,47)/b21-19+,22-20+. The molecule has 1 aromatic rings. The van der Waals surface area contributed by atoms with Crippen LogP contribution in [0.4, 0.5) is 0 Å². The van der Waals surface area contributed by atoms with E-state index in [4.69, 9.17) is 9.47 Å². The fourth-order valence-electron chi connectivity index (χ4n) is 5.95. The number of hydrogen-bond acceptors (Lipinski definition) is 6. The lowest BCUT2D eigenvalue weighted by Gasteiger charge is -2.13. The molecule has 0 aliphatic heterocycles. The maximum absolute atomic E-state index is 13.0. The Bertz CT molecular complexity index is 1170. The lowest BCUT2D eigenvalue weighted by molar-refractivity contribution is 0.0446. The molecule has 0 radical (unpaired) electrons. The lowest BCUT2D eigenvalue weighted by Crippen LogP contribution is -2.19. The quantitative estimate of drug-likeness (QED) is 0.0333. The summed E-state index contributed by atoms with van der Waals surface area (Å²) in [6.45, 7) is 4.74. The van der Waals surface area contributed by atoms with Gasteiger partial charge in [0.2, 0.25) is 0 Å². The molecule has 1 rings (SSSR count). The van der Waals surface area contributed by atoms with Crippen LogP contribution in [0.5, 0.6) is 0 Å². The molecular formula is C42H70O7S. The van der Waals surface area contributed by atoms with E-state index in [-0.39, 0.29) is 18.8 Å². The van der Waals surface area contributed by atoms with Crippen LogP contribution in [0.2, 0.25) is 0 Å². The van der Waals surface area contributed by atoms with Crippen LogP contribution >= 0.6 is 0 Å². The third-order valence-electron chi connectivity index (χ3n) is 9.01. The molecule has 0 bridgehead atoms. The van der Waals surface area contributed by atoms with Gasteiger partial charge in [-0.05, 0) is 76.3 Å². The number of ether oxygens (including phenoxy) is 2. The van der Waals surface area contributed by atoms with E-state index < -0.39 is 32.5 Å². The first-order valence-corrected chi connectivity index (χ1v) is 21.5. The zero-order valence-corrected chi connectivity index (χ0v) is 32.5. The van der Waals surface area contributed by atoms with Crippen molar-refractivity contribution < 1.29 is 32.0 Å². The summed E-state index contributed by atoms with van der Waals surface area (Å²) in [6.07, 6.45) is 39.2. The van der Waals surface area contributed by atoms with Crippen LogP contribution in [0, 0.1) is 0 Å². The van der Waals surface area contributed by atoms with Gasteiger partial charge in [-0.25, -0.2) is 9.59 Å². The van der Waals surface area contributed by atoms with Gasteiger partial charge in [0.25, 0.3) is 10.1 Å². The zero-order valence-electron chi connectivity index (χ0n) is 31.6. The Morgan fingerprint density at radius 2 is 0.900 bits per heavy atom. The molecule has 0 fully saturated rings. The van der Waals surface area contributed by atoms with Crippen molar-refractivity contribution in [3.05, 3.63) is 53.6 Å². The van der Waals surface area contributed by atoms with Crippen molar-refractivity contribution in [3.8, 4) is 0 Å². The minimum atomic E-state index is -4.77. The second-order valence-corrected chi connectivity index (χ2v) is 15.0. The Balaban J connectivity index is 2.32. The van der Waals surface area contributed by atoms with Gasteiger partial charge >= 0.3 is 11.9 Å². The molecule has 1 aromatic carbocycles. The summed E-state index contributed by atoms with van der Waals surface area (Å²) in [5, 5.41) is 0.